The minimum atomic E-state index is -0.597. The zero-order valence-corrected chi connectivity index (χ0v) is 15.8. The van der Waals surface area contributed by atoms with Crippen LogP contribution in [0.4, 0.5) is 0 Å². The third-order valence-electron chi connectivity index (χ3n) is 4.44. The summed E-state index contributed by atoms with van der Waals surface area (Å²) in [5.41, 5.74) is 0.933. The number of benzene rings is 1. The van der Waals surface area contributed by atoms with Crippen LogP contribution in [0.5, 0.6) is 11.5 Å². The molecule has 138 valence electrons. The summed E-state index contributed by atoms with van der Waals surface area (Å²) in [4.78, 5) is 29.5. The predicted octanol–water partition coefficient (Wildman–Crippen LogP) is 2.73. The van der Waals surface area contributed by atoms with Gasteiger partial charge in [-0.25, -0.2) is 4.98 Å². The maximum atomic E-state index is 12.8. The number of hydrogen-bond acceptors (Lipinski definition) is 6. The summed E-state index contributed by atoms with van der Waals surface area (Å²) in [6, 6.07) is 5.04. The van der Waals surface area contributed by atoms with E-state index in [2.05, 4.69) is 10.3 Å². The van der Waals surface area contributed by atoms with Gasteiger partial charge in [-0.3, -0.25) is 9.59 Å². The van der Waals surface area contributed by atoms with Crippen LogP contribution in [-0.2, 0) is 11.2 Å². The minimum absolute atomic E-state index is 0.0350. The smallest absolute Gasteiger partial charge is 0.227 e. The van der Waals surface area contributed by atoms with Crippen LogP contribution in [0.25, 0.3) is 0 Å². The number of para-hydroxylation sites is 1. The van der Waals surface area contributed by atoms with E-state index in [4.69, 9.17) is 9.47 Å². The Morgan fingerprint density at radius 1 is 1.38 bits per heavy atom. The number of carbonyl (C=O) groups is 2. The molecule has 26 heavy (non-hydrogen) atoms. The third-order valence-corrected chi connectivity index (χ3v) is 5.22. The average molecular weight is 374 g/mol. The highest BCUT2D eigenvalue weighted by Gasteiger charge is 2.32. The summed E-state index contributed by atoms with van der Waals surface area (Å²) < 4.78 is 11.1. The Hall–Kier alpha value is -2.41. The fourth-order valence-corrected chi connectivity index (χ4v) is 3.62. The summed E-state index contributed by atoms with van der Waals surface area (Å²) in [6.45, 7) is 4.08. The zero-order valence-electron chi connectivity index (χ0n) is 15.0. The van der Waals surface area contributed by atoms with Gasteiger partial charge in [0.25, 0.3) is 0 Å². The maximum Gasteiger partial charge on any atom is 0.227 e. The number of methoxy groups -OCH3 is 1. The van der Waals surface area contributed by atoms with Crippen molar-refractivity contribution in [3.05, 3.63) is 40.3 Å². The highest BCUT2D eigenvalue weighted by molar-refractivity contribution is 7.11. The Balaban J connectivity index is 1.71. The second-order valence-electron chi connectivity index (χ2n) is 6.59. The van der Waals surface area contributed by atoms with E-state index in [1.54, 1.807) is 18.7 Å². The van der Waals surface area contributed by atoms with Crippen molar-refractivity contribution in [3.8, 4) is 11.5 Å². The molecule has 6 nitrogen and oxygen atoms in total. The molecule has 2 atom stereocenters. The molecular formula is C19H22N2O4S. The lowest BCUT2D eigenvalue weighted by molar-refractivity contribution is -0.127. The van der Waals surface area contributed by atoms with Gasteiger partial charge in [0, 0.05) is 11.6 Å². The Morgan fingerprint density at radius 2 is 2.19 bits per heavy atom. The number of carbonyl (C=O) groups excluding carboxylic acids is 2. The van der Waals surface area contributed by atoms with Gasteiger partial charge in [0.15, 0.2) is 16.5 Å². The highest BCUT2D eigenvalue weighted by Crippen LogP contribution is 2.36. The van der Waals surface area contributed by atoms with E-state index in [0.29, 0.717) is 22.9 Å². The van der Waals surface area contributed by atoms with Crippen LogP contribution in [0.3, 0.4) is 0 Å². The Bertz CT molecular complexity index is 789. The molecule has 1 aromatic heterocycles. The van der Waals surface area contributed by atoms with Gasteiger partial charge >= 0.3 is 0 Å². The van der Waals surface area contributed by atoms with Gasteiger partial charge in [-0.2, -0.15) is 0 Å². The molecule has 2 unspecified atom stereocenters. The molecule has 2 heterocycles. The van der Waals surface area contributed by atoms with E-state index in [1.165, 1.54) is 11.3 Å². The highest BCUT2D eigenvalue weighted by atomic mass is 32.1. The molecule has 3 rings (SSSR count). The fourth-order valence-electron chi connectivity index (χ4n) is 3.01. The van der Waals surface area contributed by atoms with Crippen LogP contribution in [0.2, 0.25) is 0 Å². The van der Waals surface area contributed by atoms with Gasteiger partial charge in [0.05, 0.1) is 19.1 Å². The molecule has 0 spiro atoms. The number of fused-ring (bicyclic) bond motifs is 1. The third kappa shape index (κ3) is 3.72. The molecule has 0 saturated heterocycles. The number of hydrogen-bond donors (Lipinski definition) is 1. The van der Waals surface area contributed by atoms with E-state index in [9.17, 15) is 9.59 Å². The van der Waals surface area contributed by atoms with Crippen molar-refractivity contribution in [2.45, 2.75) is 26.3 Å². The van der Waals surface area contributed by atoms with Crippen LogP contribution in [-0.4, -0.2) is 36.4 Å². The summed E-state index contributed by atoms with van der Waals surface area (Å²) >= 11 is 1.28. The number of rotatable bonds is 6. The summed E-state index contributed by atoms with van der Waals surface area (Å²) in [6.07, 6.45) is 2.14. The lowest BCUT2D eigenvalue weighted by Crippen LogP contribution is -2.48. The number of thiazole rings is 1. The van der Waals surface area contributed by atoms with Crippen LogP contribution < -0.4 is 14.8 Å². The first-order valence-corrected chi connectivity index (χ1v) is 9.42. The normalized spacial score (nSPS) is 17.2. The molecule has 7 heteroatoms. The second kappa shape index (κ2) is 7.86. The Kier molecular flexibility index (Phi) is 5.56. The number of ketones is 1. The minimum Gasteiger partial charge on any atom is -0.493 e. The van der Waals surface area contributed by atoms with Crippen LogP contribution >= 0.6 is 11.3 Å². The van der Waals surface area contributed by atoms with Gasteiger partial charge < -0.3 is 14.8 Å². The Labute approximate surface area is 156 Å². The predicted molar refractivity (Wildman–Crippen MR) is 98.9 cm³/mol. The van der Waals surface area contributed by atoms with E-state index in [1.807, 2.05) is 32.0 Å². The maximum absolute atomic E-state index is 12.8. The van der Waals surface area contributed by atoms with E-state index >= 15 is 0 Å². The number of nitrogens with zero attached hydrogens (tertiary/aromatic N) is 1. The molecule has 1 N–H and O–H groups in total. The number of Topliss-reactive ketones (excluding diaryl/α,β-unsaturated/α-hetero) is 1. The molecule has 2 aromatic rings. The molecule has 1 aliphatic heterocycles. The molecule has 0 aliphatic carbocycles. The van der Waals surface area contributed by atoms with E-state index in [0.717, 1.165) is 5.56 Å². The monoisotopic (exact) mass is 374 g/mol. The zero-order chi connectivity index (χ0) is 18.7. The first kappa shape index (κ1) is 18.4. The summed E-state index contributed by atoms with van der Waals surface area (Å²) in [5.74, 6) is 0.648. The number of nitrogens with one attached hydrogen (secondary N) is 1. The van der Waals surface area contributed by atoms with Gasteiger partial charge in [0.1, 0.15) is 6.61 Å². The lowest BCUT2D eigenvalue weighted by atomic mass is 9.93. The molecule has 0 radical (unpaired) electrons. The number of aromatic nitrogens is 1. The van der Waals surface area contributed by atoms with Crippen molar-refractivity contribution in [2.24, 2.45) is 11.8 Å². The van der Waals surface area contributed by atoms with Gasteiger partial charge in [0.2, 0.25) is 11.7 Å². The van der Waals surface area contributed by atoms with Gasteiger partial charge in [-0.05, 0) is 24.0 Å². The van der Waals surface area contributed by atoms with E-state index < -0.39 is 6.04 Å². The summed E-state index contributed by atoms with van der Waals surface area (Å²) in [7, 11) is 1.59. The van der Waals surface area contributed by atoms with Crippen molar-refractivity contribution >= 4 is 23.0 Å². The SMILES string of the molecule is COc1cccc2c1OCC(C(=O)NC(C(=O)c1nccs1)C(C)C)C2. The van der Waals surface area contributed by atoms with Gasteiger partial charge in [-0.15, -0.1) is 11.3 Å². The topological polar surface area (TPSA) is 77.5 Å². The van der Waals surface area contributed by atoms with Crippen LogP contribution in [0, 0.1) is 11.8 Å². The van der Waals surface area contributed by atoms with Crippen molar-refractivity contribution in [3.63, 3.8) is 0 Å². The standard InChI is InChI=1S/C19H22N2O4S/c1-11(2)15(16(22)19-20-7-8-26-19)21-18(23)13-9-12-5-4-6-14(24-3)17(12)25-10-13/h4-8,11,13,15H,9-10H2,1-3H3,(H,21,23). The largest absolute Gasteiger partial charge is 0.493 e. The Morgan fingerprint density at radius 3 is 2.85 bits per heavy atom. The van der Waals surface area contributed by atoms with E-state index in [-0.39, 0.29) is 30.1 Å². The van der Waals surface area contributed by atoms with Crippen molar-refractivity contribution in [1.82, 2.24) is 10.3 Å². The van der Waals surface area contributed by atoms with Crippen molar-refractivity contribution in [1.29, 1.82) is 0 Å². The fraction of sp³-hybridized carbons (Fsp3) is 0.421. The quantitative estimate of drug-likeness (QED) is 0.787. The molecule has 0 bridgehead atoms. The lowest BCUT2D eigenvalue weighted by Gasteiger charge is -2.28. The summed E-state index contributed by atoms with van der Waals surface area (Å²) in [5, 5.41) is 5.07. The van der Waals surface area contributed by atoms with Crippen LogP contribution in [0.15, 0.2) is 29.8 Å². The van der Waals surface area contributed by atoms with Crippen LogP contribution in [0.1, 0.15) is 29.2 Å². The number of amides is 1. The van der Waals surface area contributed by atoms with Gasteiger partial charge in [-0.1, -0.05) is 26.0 Å². The molecule has 0 fully saturated rings. The average Bonchev–Trinajstić information content (AvgIpc) is 3.18. The van der Waals surface area contributed by atoms with Crippen molar-refractivity contribution in [2.75, 3.05) is 13.7 Å². The molecule has 1 aliphatic rings. The molecule has 1 aromatic carbocycles. The molecule has 0 saturated carbocycles. The second-order valence-corrected chi connectivity index (χ2v) is 7.49. The first-order valence-electron chi connectivity index (χ1n) is 8.54. The number of ether oxygens (including phenoxy) is 2. The molecular weight excluding hydrogens is 352 g/mol. The first-order chi connectivity index (χ1) is 12.5. The van der Waals surface area contributed by atoms with Crippen molar-refractivity contribution < 1.29 is 19.1 Å². The molecule has 1 amide bonds.